The summed E-state index contributed by atoms with van der Waals surface area (Å²) in [5.41, 5.74) is 7.52. The van der Waals surface area contributed by atoms with Gasteiger partial charge >= 0.3 is 0 Å². The van der Waals surface area contributed by atoms with Crippen molar-refractivity contribution in [1.29, 1.82) is 0 Å². The average molecular weight is 944 g/mol. The molecule has 12 aromatic rings. The molecule has 0 N–H and O–H groups in total. The molecule has 0 aliphatic carbocycles. The fourth-order valence-electron chi connectivity index (χ4n) is 10.8. The first-order chi connectivity index (χ1) is 40.4. The summed E-state index contributed by atoms with van der Waals surface area (Å²) in [6, 6.07) is 41.4. The van der Waals surface area contributed by atoms with E-state index < -0.39 is 60.6 Å². The standard InChI is InChI=1S/C67H54N4O/c1-42-27-31-52-50-22-13-14-23-51(50)54-25-16-26-61-66(54)70(65-43(2)17-15-24-55(65)56(52)35-42)41-69(61)48-29-33-59(67(4,5)6)63(38-48)72-49-30-32-53-57-37-47(45-18-9-7-10-19-45)28-34-60(57)71(62(53)39-49)64-36-44(3)58(40-68-64)46-20-11-8-12-21-46/h7-40H,41H2,1-6H3/i3D3,7D,8D,9D,10D,11D,12D,18D,19D,20D,21D. The van der Waals surface area contributed by atoms with Crippen LogP contribution >= 0.6 is 0 Å². The lowest BCUT2D eigenvalue weighted by atomic mass is 9.86. The fourth-order valence-corrected chi connectivity index (χ4v) is 10.8. The van der Waals surface area contributed by atoms with Crippen LogP contribution in [0.2, 0.25) is 0 Å². The molecule has 0 unspecified atom stereocenters. The zero-order chi connectivity index (χ0) is 60.0. The van der Waals surface area contributed by atoms with Crippen molar-refractivity contribution in [3.05, 3.63) is 228 Å². The maximum atomic E-state index is 8.85. The van der Waals surface area contributed by atoms with E-state index in [1.165, 1.54) is 23.2 Å². The lowest BCUT2D eigenvalue weighted by molar-refractivity contribution is 0.456. The summed E-state index contributed by atoms with van der Waals surface area (Å²) in [6.45, 7) is 8.30. The van der Waals surface area contributed by atoms with Crippen molar-refractivity contribution >= 4 is 76.5 Å². The Balaban J connectivity index is 1.01. The number of fused-ring (bicyclic) bond motifs is 10. The molecule has 1 aliphatic rings. The number of benzene rings is 9. The summed E-state index contributed by atoms with van der Waals surface area (Å²) < 4.78 is 123. The lowest BCUT2D eigenvalue weighted by Crippen LogP contribution is -2.17. The second-order valence-corrected chi connectivity index (χ2v) is 19.6. The molecule has 13 rings (SSSR count). The van der Waals surface area contributed by atoms with Crippen molar-refractivity contribution < 1.29 is 22.6 Å². The van der Waals surface area contributed by atoms with Crippen molar-refractivity contribution in [3.8, 4) is 39.6 Å². The van der Waals surface area contributed by atoms with E-state index in [1.807, 2.05) is 18.2 Å². The summed E-state index contributed by atoms with van der Waals surface area (Å²) in [5.74, 6) is 1.12. The van der Waals surface area contributed by atoms with Gasteiger partial charge in [-0.2, -0.15) is 0 Å². The van der Waals surface area contributed by atoms with Crippen LogP contribution in [0, 0.1) is 20.7 Å². The van der Waals surface area contributed by atoms with Crippen LogP contribution in [0.4, 0.5) is 11.4 Å². The van der Waals surface area contributed by atoms with Crippen molar-refractivity contribution in [1.82, 2.24) is 14.1 Å². The van der Waals surface area contributed by atoms with E-state index in [9.17, 15) is 0 Å². The normalized spacial score (nSPS) is 15.2. The van der Waals surface area contributed by atoms with Crippen LogP contribution in [0.5, 0.6) is 11.5 Å². The minimum atomic E-state index is -2.87. The predicted octanol–water partition coefficient (Wildman–Crippen LogP) is 18.2. The number of pyridine rings is 1. The molecule has 0 fully saturated rings. The third-order valence-electron chi connectivity index (χ3n) is 14.1. The van der Waals surface area contributed by atoms with E-state index in [0.29, 0.717) is 45.5 Å². The van der Waals surface area contributed by atoms with Gasteiger partial charge in [-0.05, 0) is 118 Å². The summed E-state index contributed by atoms with van der Waals surface area (Å²) >= 11 is 0. The minimum Gasteiger partial charge on any atom is -0.457 e. The highest BCUT2D eigenvalue weighted by Crippen LogP contribution is 2.46. The molecular formula is C67H54N4O. The van der Waals surface area contributed by atoms with Gasteiger partial charge in [0.05, 0.1) is 41.5 Å². The number of ether oxygens (including phenoxy) is 1. The summed E-state index contributed by atoms with van der Waals surface area (Å²) in [5, 5.41) is 8.04. The molecule has 0 spiro atoms. The molecule has 4 heterocycles. The number of rotatable bonds is 6. The second kappa shape index (κ2) is 16.7. The predicted molar refractivity (Wildman–Crippen MR) is 303 cm³/mol. The Bertz CT molecular complexity index is 4920. The Morgan fingerprint density at radius 1 is 0.556 bits per heavy atom. The van der Waals surface area contributed by atoms with Crippen LogP contribution in [0.15, 0.2) is 206 Å². The van der Waals surface area contributed by atoms with Gasteiger partial charge in [0, 0.05) is 60.8 Å². The Morgan fingerprint density at radius 3 is 2.04 bits per heavy atom. The molecule has 0 atom stereocenters. The van der Waals surface area contributed by atoms with Gasteiger partial charge in [0.15, 0.2) is 0 Å². The molecule has 3 aromatic heterocycles. The highest BCUT2D eigenvalue weighted by molar-refractivity contribution is 6.21. The third-order valence-corrected chi connectivity index (χ3v) is 14.1. The SMILES string of the molecule is [2H]c1c([2H])c([2H])c(-c2ccc3c(c2)c2ccc(Oc4cc(N5Cn6c7c(C)cccc7c7cc(C)ccc7c7ccccc7c7cccc5c76)ccc4C(C)(C)C)cc2n3-c2cc(C([2H])([2H])[2H])c(-c3c([2H])c([2H])c([2H])c([2H])c3[2H])cn2)c([2H])c1[2H]. The van der Waals surface area contributed by atoms with Crippen molar-refractivity contribution in [2.75, 3.05) is 4.90 Å². The maximum absolute atomic E-state index is 8.85. The molecule has 0 amide bonds. The Morgan fingerprint density at radius 2 is 1.26 bits per heavy atom. The van der Waals surface area contributed by atoms with E-state index in [2.05, 4.69) is 141 Å². The first kappa shape index (κ1) is 31.5. The van der Waals surface area contributed by atoms with Crippen LogP contribution in [0.3, 0.4) is 0 Å². The maximum Gasteiger partial charge on any atom is 0.137 e. The van der Waals surface area contributed by atoms with Gasteiger partial charge in [-0.25, -0.2) is 4.98 Å². The summed E-state index contributed by atoms with van der Waals surface area (Å²) in [7, 11) is 0. The van der Waals surface area contributed by atoms with Gasteiger partial charge in [-0.1, -0.05) is 172 Å². The Kier molecular flexibility index (Phi) is 7.33. The van der Waals surface area contributed by atoms with E-state index in [4.69, 9.17) is 27.5 Å². The quantitative estimate of drug-likeness (QED) is 0.167. The molecule has 72 heavy (non-hydrogen) atoms. The highest BCUT2D eigenvalue weighted by Gasteiger charge is 2.28. The molecule has 0 bridgehead atoms. The van der Waals surface area contributed by atoms with Crippen LogP contribution < -0.4 is 9.64 Å². The Hall–Kier alpha value is -8.67. The van der Waals surface area contributed by atoms with Crippen molar-refractivity contribution in [3.63, 3.8) is 0 Å². The molecule has 0 radical (unpaired) electrons. The topological polar surface area (TPSA) is 35.2 Å². The molecule has 9 aromatic carbocycles. The molecule has 5 heteroatoms. The molecular weight excluding hydrogens is 877 g/mol. The third kappa shape index (κ3) is 7.10. The van der Waals surface area contributed by atoms with E-state index in [-0.39, 0.29) is 40.2 Å². The van der Waals surface area contributed by atoms with Crippen LogP contribution in [0.1, 0.15) is 60.8 Å². The van der Waals surface area contributed by atoms with Crippen LogP contribution in [-0.4, -0.2) is 14.1 Å². The Labute approximate surface area is 438 Å². The molecule has 0 saturated heterocycles. The number of aryl methyl sites for hydroxylation is 3. The number of hydrogen-bond donors (Lipinski definition) is 0. The molecule has 1 aliphatic heterocycles. The van der Waals surface area contributed by atoms with Gasteiger partial charge in [-0.15, -0.1) is 0 Å². The second-order valence-electron chi connectivity index (χ2n) is 19.6. The zero-order valence-electron chi connectivity index (χ0n) is 53.3. The largest absolute Gasteiger partial charge is 0.457 e. The number of aromatic nitrogens is 3. The fraction of sp³-hybridized carbons (Fsp3) is 0.119. The summed E-state index contributed by atoms with van der Waals surface area (Å²) in [6.07, 6.45) is 1.22. The van der Waals surface area contributed by atoms with Gasteiger partial charge < -0.3 is 14.2 Å². The highest BCUT2D eigenvalue weighted by atomic mass is 16.5. The lowest BCUT2D eigenvalue weighted by Gasteiger charge is -2.26. The van der Waals surface area contributed by atoms with Crippen molar-refractivity contribution in [2.24, 2.45) is 0 Å². The monoisotopic (exact) mass is 944 g/mol. The van der Waals surface area contributed by atoms with Gasteiger partial charge in [0.25, 0.3) is 0 Å². The van der Waals surface area contributed by atoms with Crippen molar-refractivity contribution in [2.45, 2.75) is 53.6 Å². The molecule has 348 valence electrons. The van der Waals surface area contributed by atoms with E-state index in [1.54, 1.807) is 22.8 Å². The van der Waals surface area contributed by atoms with E-state index in [0.717, 1.165) is 60.5 Å². The van der Waals surface area contributed by atoms with Gasteiger partial charge in [0.2, 0.25) is 0 Å². The van der Waals surface area contributed by atoms with Crippen LogP contribution in [-0.2, 0) is 12.1 Å². The van der Waals surface area contributed by atoms with E-state index >= 15 is 0 Å². The first-order valence-corrected chi connectivity index (χ1v) is 24.0. The average Bonchev–Trinajstić information content (AvgIpc) is 2.08. The minimum absolute atomic E-state index is 0.00176. The number of para-hydroxylation sites is 2. The number of anilines is 2. The van der Waals surface area contributed by atoms with Gasteiger partial charge in [0.1, 0.15) is 24.0 Å². The number of hydrogen-bond acceptors (Lipinski definition) is 3. The molecule has 0 saturated carbocycles. The first-order valence-electron chi connectivity index (χ1n) is 30.5. The zero-order valence-corrected chi connectivity index (χ0v) is 40.3. The molecule has 5 nitrogen and oxygen atoms in total. The summed E-state index contributed by atoms with van der Waals surface area (Å²) in [4.78, 5) is 7.12. The smallest absolute Gasteiger partial charge is 0.137 e. The van der Waals surface area contributed by atoms with Gasteiger partial charge in [-0.3, -0.25) is 4.57 Å². The van der Waals surface area contributed by atoms with Crippen LogP contribution in [0.25, 0.3) is 93.2 Å². The number of nitrogens with zero attached hydrogens (tertiary/aromatic N) is 4.